The fraction of sp³-hybridized carbons (Fsp3) is 0.529. The number of hydrogen-bond donors (Lipinski definition) is 2. The van der Waals surface area contributed by atoms with E-state index in [1.54, 1.807) is 20.2 Å². The van der Waals surface area contributed by atoms with Crippen LogP contribution >= 0.6 is 0 Å². The molecule has 1 fully saturated rings. The predicted octanol–water partition coefficient (Wildman–Crippen LogP) is 0.769. The van der Waals surface area contributed by atoms with Gasteiger partial charge in [0.05, 0.1) is 6.54 Å². The number of amides is 2. The Kier molecular flexibility index (Phi) is 6.40. The molecule has 0 unspecified atom stereocenters. The van der Waals surface area contributed by atoms with Gasteiger partial charge in [0, 0.05) is 20.6 Å². The van der Waals surface area contributed by atoms with Crippen LogP contribution in [-0.2, 0) is 16.1 Å². The average Bonchev–Trinajstić information content (AvgIpc) is 3.35. The molecule has 0 aliphatic heterocycles. The van der Waals surface area contributed by atoms with Crippen LogP contribution in [0.4, 0.5) is 0 Å². The van der Waals surface area contributed by atoms with Crippen LogP contribution in [0.2, 0.25) is 0 Å². The van der Waals surface area contributed by atoms with Crippen molar-refractivity contribution in [2.24, 2.45) is 5.92 Å². The van der Waals surface area contributed by atoms with Crippen LogP contribution in [0.1, 0.15) is 18.4 Å². The molecule has 0 radical (unpaired) electrons. The van der Waals surface area contributed by atoms with Crippen molar-refractivity contribution in [3.8, 4) is 5.75 Å². The van der Waals surface area contributed by atoms with Crippen molar-refractivity contribution in [1.82, 2.24) is 15.5 Å². The number of ether oxygens (including phenoxy) is 1. The van der Waals surface area contributed by atoms with E-state index in [4.69, 9.17) is 4.74 Å². The summed E-state index contributed by atoms with van der Waals surface area (Å²) in [5.74, 6) is 1.28. The van der Waals surface area contributed by atoms with E-state index in [9.17, 15) is 9.59 Å². The Hall–Kier alpha value is -2.08. The van der Waals surface area contributed by atoms with Crippen LogP contribution in [0.25, 0.3) is 0 Å². The molecule has 1 aliphatic rings. The summed E-state index contributed by atoms with van der Waals surface area (Å²) in [4.78, 5) is 24.7. The molecular formula is C17H25N3O3. The zero-order valence-corrected chi connectivity index (χ0v) is 13.8. The van der Waals surface area contributed by atoms with Gasteiger partial charge in [-0.15, -0.1) is 0 Å². The number of rotatable bonds is 9. The molecule has 0 aromatic heterocycles. The van der Waals surface area contributed by atoms with Crippen molar-refractivity contribution in [3.05, 3.63) is 29.8 Å². The molecule has 0 bridgehead atoms. The Balaban J connectivity index is 1.70. The molecule has 1 aromatic rings. The van der Waals surface area contributed by atoms with Gasteiger partial charge in [-0.1, -0.05) is 12.1 Å². The van der Waals surface area contributed by atoms with Crippen molar-refractivity contribution in [2.45, 2.75) is 19.4 Å². The quantitative estimate of drug-likeness (QED) is 0.705. The van der Waals surface area contributed by atoms with Crippen LogP contribution in [0.15, 0.2) is 24.3 Å². The highest BCUT2D eigenvalue weighted by molar-refractivity contribution is 5.78. The maximum Gasteiger partial charge on any atom is 0.259 e. The normalized spacial score (nSPS) is 13.5. The van der Waals surface area contributed by atoms with Crippen LogP contribution in [0.5, 0.6) is 5.75 Å². The molecule has 126 valence electrons. The van der Waals surface area contributed by atoms with Gasteiger partial charge in [0.2, 0.25) is 5.91 Å². The molecule has 2 N–H and O–H groups in total. The van der Waals surface area contributed by atoms with E-state index in [1.165, 1.54) is 17.7 Å². The van der Waals surface area contributed by atoms with Gasteiger partial charge in [0.25, 0.3) is 5.91 Å². The summed E-state index contributed by atoms with van der Waals surface area (Å²) in [6.07, 6.45) is 2.55. The van der Waals surface area contributed by atoms with Gasteiger partial charge in [-0.3, -0.25) is 9.59 Å². The molecule has 0 saturated heterocycles. The van der Waals surface area contributed by atoms with Crippen molar-refractivity contribution >= 4 is 11.8 Å². The first kappa shape index (κ1) is 17.3. The van der Waals surface area contributed by atoms with E-state index in [0.717, 1.165) is 18.0 Å². The van der Waals surface area contributed by atoms with Gasteiger partial charge < -0.3 is 20.3 Å². The highest BCUT2D eigenvalue weighted by Crippen LogP contribution is 2.27. The monoisotopic (exact) mass is 319 g/mol. The van der Waals surface area contributed by atoms with E-state index in [1.807, 2.05) is 18.2 Å². The van der Waals surface area contributed by atoms with E-state index in [2.05, 4.69) is 10.6 Å². The summed E-state index contributed by atoms with van der Waals surface area (Å²) >= 11 is 0. The fourth-order valence-electron chi connectivity index (χ4n) is 1.99. The number of carbonyl (C=O) groups is 2. The Bertz CT molecular complexity index is 542. The summed E-state index contributed by atoms with van der Waals surface area (Å²) in [6, 6.07) is 7.40. The molecule has 0 atom stereocenters. The molecule has 1 aromatic carbocycles. The minimum Gasteiger partial charge on any atom is -0.484 e. The molecule has 1 saturated carbocycles. The molecule has 2 amide bonds. The highest BCUT2D eigenvalue weighted by atomic mass is 16.5. The Morgan fingerprint density at radius 2 is 2.09 bits per heavy atom. The molecule has 6 nitrogen and oxygen atoms in total. The highest BCUT2D eigenvalue weighted by Gasteiger charge is 2.20. The van der Waals surface area contributed by atoms with Crippen molar-refractivity contribution < 1.29 is 14.3 Å². The van der Waals surface area contributed by atoms with E-state index in [0.29, 0.717) is 18.8 Å². The van der Waals surface area contributed by atoms with Crippen molar-refractivity contribution in [3.63, 3.8) is 0 Å². The number of benzene rings is 1. The van der Waals surface area contributed by atoms with Crippen LogP contribution < -0.4 is 15.4 Å². The van der Waals surface area contributed by atoms with E-state index >= 15 is 0 Å². The number of carbonyl (C=O) groups excluding carboxylic acids is 2. The standard InChI is InChI=1S/C17H25N3O3/c1-20(2)17(22)12-23-15-5-3-4-14(8-15)10-19-16(21)11-18-9-13-6-7-13/h3-5,8,13,18H,6-7,9-12H2,1-2H3,(H,19,21). The first-order valence-corrected chi connectivity index (χ1v) is 7.94. The molecule has 6 heteroatoms. The van der Waals surface area contributed by atoms with Crippen LogP contribution in [0.3, 0.4) is 0 Å². The van der Waals surface area contributed by atoms with Gasteiger partial charge in [-0.2, -0.15) is 0 Å². The zero-order valence-electron chi connectivity index (χ0n) is 13.8. The number of likely N-dealkylation sites (N-methyl/N-ethyl adjacent to an activating group) is 1. The van der Waals surface area contributed by atoms with Crippen molar-refractivity contribution in [1.29, 1.82) is 0 Å². The zero-order chi connectivity index (χ0) is 16.7. The van der Waals surface area contributed by atoms with Crippen LogP contribution in [-0.4, -0.2) is 50.5 Å². The molecule has 1 aliphatic carbocycles. The maximum atomic E-state index is 11.7. The third kappa shape index (κ3) is 6.69. The third-order valence-electron chi connectivity index (χ3n) is 3.66. The van der Waals surface area contributed by atoms with E-state index < -0.39 is 0 Å². The second-order valence-corrected chi connectivity index (χ2v) is 6.08. The molecule has 0 heterocycles. The van der Waals surface area contributed by atoms with Crippen LogP contribution in [0, 0.1) is 5.92 Å². The minimum atomic E-state index is -0.0922. The van der Waals surface area contributed by atoms with Gasteiger partial charge in [0.15, 0.2) is 6.61 Å². The number of nitrogens with one attached hydrogen (secondary N) is 2. The Labute approximate surface area is 137 Å². The predicted molar refractivity (Wildman–Crippen MR) is 88.1 cm³/mol. The lowest BCUT2D eigenvalue weighted by Gasteiger charge is -2.12. The largest absolute Gasteiger partial charge is 0.484 e. The Morgan fingerprint density at radius 1 is 1.30 bits per heavy atom. The number of hydrogen-bond acceptors (Lipinski definition) is 4. The summed E-state index contributed by atoms with van der Waals surface area (Å²) in [5.41, 5.74) is 0.940. The number of nitrogens with zero attached hydrogens (tertiary/aromatic N) is 1. The second-order valence-electron chi connectivity index (χ2n) is 6.08. The van der Waals surface area contributed by atoms with E-state index in [-0.39, 0.29) is 18.4 Å². The van der Waals surface area contributed by atoms with Gasteiger partial charge in [0.1, 0.15) is 5.75 Å². The lowest BCUT2D eigenvalue weighted by atomic mass is 10.2. The Morgan fingerprint density at radius 3 is 2.78 bits per heavy atom. The minimum absolute atomic E-state index is 0.00784. The van der Waals surface area contributed by atoms with Gasteiger partial charge in [-0.25, -0.2) is 0 Å². The summed E-state index contributed by atoms with van der Waals surface area (Å²) in [7, 11) is 3.38. The summed E-state index contributed by atoms with van der Waals surface area (Å²) in [5, 5.41) is 6.03. The van der Waals surface area contributed by atoms with Crippen molar-refractivity contribution in [2.75, 3.05) is 33.8 Å². The molecular weight excluding hydrogens is 294 g/mol. The first-order valence-electron chi connectivity index (χ1n) is 7.94. The molecule has 23 heavy (non-hydrogen) atoms. The van der Waals surface area contributed by atoms with Gasteiger partial charge in [-0.05, 0) is 43.0 Å². The third-order valence-corrected chi connectivity index (χ3v) is 3.66. The fourth-order valence-corrected chi connectivity index (χ4v) is 1.99. The smallest absolute Gasteiger partial charge is 0.259 e. The topological polar surface area (TPSA) is 70.7 Å². The maximum absolute atomic E-state index is 11.7. The summed E-state index contributed by atoms with van der Waals surface area (Å²) in [6.45, 7) is 1.73. The average molecular weight is 319 g/mol. The molecule has 2 rings (SSSR count). The first-order chi connectivity index (χ1) is 11.0. The van der Waals surface area contributed by atoms with Gasteiger partial charge >= 0.3 is 0 Å². The lowest BCUT2D eigenvalue weighted by molar-refractivity contribution is -0.130. The molecule has 0 spiro atoms. The SMILES string of the molecule is CN(C)C(=O)COc1cccc(CNC(=O)CNCC2CC2)c1. The summed E-state index contributed by atoms with van der Waals surface area (Å²) < 4.78 is 5.46. The lowest BCUT2D eigenvalue weighted by Crippen LogP contribution is -2.34. The second kappa shape index (κ2) is 8.53.